The van der Waals surface area contributed by atoms with Gasteiger partial charge in [0.2, 0.25) is 0 Å². The van der Waals surface area contributed by atoms with Gasteiger partial charge >= 0.3 is 0 Å². The second-order valence-electron chi connectivity index (χ2n) is 6.51. The Bertz CT molecular complexity index is 835. The van der Waals surface area contributed by atoms with Crippen molar-refractivity contribution in [1.82, 2.24) is 9.99 Å². The predicted octanol–water partition coefficient (Wildman–Crippen LogP) is 2.63. The molecule has 2 aromatic heterocycles. The fourth-order valence-electron chi connectivity index (χ4n) is 4.34. The van der Waals surface area contributed by atoms with Crippen LogP contribution in [0, 0.1) is 0 Å². The number of rotatable bonds is 1. The lowest BCUT2D eigenvalue weighted by Gasteiger charge is -2.36. The Hall–Kier alpha value is -2.13. The maximum absolute atomic E-state index is 3.74. The summed E-state index contributed by atoms with van der Waals surface area (Å²) in [5, 5.41) is 5.23. The summed E-state index contributed by atoms with van der Waals surface area (Å²) in [6.45, 7) is 1.17. The average molecular weight is 290 g/mol. The van der Waals surface area contributed by atoms with E-state index in [2.05, 4.69) is 69.7 Å². The fraction of sp³-hybridized carbons (Fsp3) is 0.316. The minimum absolute atomic E-state index is 0.614. The van der Waals surface area contributed by atoms with E-state index in [-0.39, 0.29) is 0 Å². The van der Waals surface area contributed by atoms with Gasteiger partial charge in [-0.15, -0.1) is 4.68 Å². The molecule has 3 heteroatoms. The quantitative estimate of drug-likeness (QED) is 0.683. The van der Waals surface area contributed by atoms with Gasteiger partial charge in [0.05, 0.1) is 6.20 Å². The van der Waals surface area contributed by atoms with E-state index in [4.69, 9.17) is 0 Å². The van der Waals surface area contributed by atoms with Crippen molar-refractivity contribution in [2.75, 3.05) is 6.54 Å². The minimum Gasteiger partial charge on any atom is -0.313 e. The van der Waals surface area contributed by atoms with Crippen LogP contribution >= 0.6 is 0 Å². The Labute approximate surface area is 130 Å². The zero-order valence-electron chi connectivity index (χ0n) is 12.6. The normalized spacial score (nSPS) is 23.5. The van der Waals surface area contributed by atoms with E-state index in [1.807, 2.05) is 0 Å². The molecular weight excluding hydrogens is 270 g/mol. The van der Waals surface area contributed by atoms with Crippen molar-refractivity contribution in [1.29, 1.82) is 0 Å². The van der Waals surface area contributed by atoms with Crippen LogP contribution in [0.3, 0.4) is 0 Å². The molecule has 22 heavy (non-hydrogen) atoms. The van der Waals surface area contributed by atoms with Gasteiger partial charge in [0, 0.05) is 29.5 Å². The highest BCUT2D eigenvalue weighted by Crippen LogP contribution is 2.40. The summed E-state index contributed by atoms with van der Waals surface area (Å²) in [6.07, 6.45) is 10.3. The monoisotopic (exact) mass is 290 g/mol. The lowest BCUT2D eigenvalue weighted by molar-refractivity contribution is -0.724. The molecule has 0 unspecified atom stereocenters. The van der Waals surface area contributed by atoms with Crippen molar-refractivity contribution in [3.63, 3.8) is 0 Å². The molecule has 3 aromatic rings. The van der Waals surface area contributed by atoms with E-state index in [0.29, 0.717) is 12.0 Å². The van der Waals surface area contributed by atoms with Gasteiger partial charge in [0.1, 0.15) is 5.52 Å². The number of pyridine rings is 1. The van der Waals surface area contributed by atoms with Gasteiger partial charge in [-0.05, 0) is 43.0 Å². The maximum atomic E-state index is 3.74. The molecule has 1 fully saturated rings. The standard InChI is InChI=1S/C19H20N3/c1-2-10-21(11-3-1)22-13-14-12-17-15(7-5-9-20-17)16-6-4-8-18(22)19(14)16/h1-4,6,8,10-11,13,15,17,20H,5,7,9,12H2/q+1/t15-,17-/m1/s1. The predicted molar refractivity (Wildman–Crippen MR) is 86.8 cm³/mol. The molecule has 1 aromatic carbocycles. The van der Waals surface area contributed by atoms with E-state index in [0.717, 1.165) is 6.42 Å². The minimum atomic E-state index is 0.614. The van der Waals surface area contributed by atoms with E-state index in [1.54, 1.807) is 5.56 Å². The molecule has 0 radical (unpaired) electrons. The van der Waals surface area contributed by atoms with Gasteiger partial charge in [0.25, 0.3) is 0 Å². The van der Waals surface area contributed by atoms with Crippen molar-refractivity contribution >= 4 is 10.9 Å². The molecule has 5 rings (SSSR count). The van der Waals surface area contributed by atoms with Crippen LogP contribution in [0.1, 0.15) is 29.9 Å². The zero-order chi connectivity index (χ0) is 14.5. The van der Waals surface area contributed by atoms with E-state index in [9.17, 15) is 0 Å². The molecule has 0 amide bonds. The van der Waals surface area contributed by atoms with Crippen LogP contribution in [0.25, 0.3) is 10.9 Å². The van der Waals surface area contributed by atoms with Gasteiger partial charge in [0.15, 0.2) is 12.4 Å². The highest BCUT2D eigenvalue weighted by atomic mass is 15.4. The van der Waals surface area contributed by atoms with Gasteiger partial charge < -0.3 is 5.32 Å². The fourth-order valence-corrected chi connectivity index (χ4v) is 4.34. The first-order valence-corrected chi connectivity index (χ1v) is 8.25. The molecule has 3 heterocycles. The second-order valence-corrected chi connectivity index (χ2v) is 6.51. The van der Waals surface area contributed by atoms with Crippen molar-refractivity contribution < 1.29 is 4.68 Å². The molecule has 2 atom stereocenters. The van der Waals surface area contributed by atoms with Crippen molar-refractivity contribution in [2.24, 2.45) is 0 Å². The first-order valence-electron chi connectivity index (χ1n) is 8.25. The van der Waals surface area contributed by atoms with E-state index in [1.165, 1.54) is 35.9 Å². The second kappa shape index (κ2) is 4.68. The largest absolute Gasteiger partial charge is 0.313 e. The number of aromatic nitrogens is 2. The number of piperidine rings is 1. The lowest BCUT2D eigenvalue weighted by Crippen LogP contribution is -2.43. The summed E-state index contributed by atoms with van der Waals surface area (Å²) in [5.74, 6) is 0.682. The van der Waals surface area contributed by atoms with Crippen LogP contribution in [0.4, 0.5) is 0 Å². The number of benzene rings is 1. The molecule has 0 spiro atoms. The molecule has 1 N–H and O–H groups in total. The average Bonchev–Trinajstić information content (AvgIpc) is 2.96. The summed E-state index contributed by atoms with van der Waals surface area (Å²) in [4.78, 5) is 0. The molecule has 2 aliphatic rings. The van der Waals surface area contributed by atoms with Crippen LogP contribution in [0.15, 0.2) is 55.0 Å². The summed E-state index contributed by atoms with van der Waals surface area (Å²) >= 11 is 0. The number of hydrogen-bond donors (Lipinski definition) is 1. The Morgan fingerprint density at radius 3 is 2.91 bits per heavy atom. The molecular formula is C19H20N3+. The summed E-state index contributed by atoms with van der Waals surface area (Å²) in [7, 11) is 0. The Morgan fingerprint density at radius 2 is 2.00 bits per heavy atom. The van der Waals surface area contributed by atoms with Crippen LogP contribution in [-0.2, 0) is 6.42 Å². The van der Waals surface area contributed by atoms with E-state index >= 15 is 0 Å². The Balaban J connectivity index is 1.76. The summed E-state index contributed by atoms with van der Waals surface area (Å²) in [5.41, 5.74) is 4.36. The molecule has 3 nitrogen and oxygen atoms in total. The smallest absolute Gasteiger partial charge is 0.200 e. The third-order valence-electron chi connectivity index (χ3n) is 5.29. The van der Waals surface area contributed by atoms with Crippen molar-refractivity contribution in [3.8, 4) is 0 Å². The summed E-state index contributed by atoms with van der Waals surface area (Å²) < 4.78 is 4.45. The number of fused-ring (bicyclic) bond motifs is 2. The lowest BCUT2D eigenvalue weighted by atomic mass is 9.76. The van der Waals surface area contributed by atoms with Gasteiger partial charge in [-0.3, -0.25) is 0 Å². The highest BCUT2D eigenvalue weighted by Gasteiger charge is 2.34. The molecule has 0 bridgehead atoms. The molecule has 1 aliphatic carbocycles. The SMILES string of the molecule is c1cc[n+](-n2cc3c4c(cccc42)[C@H]2CCCN[C@@H]2C3)cc1. The topological polar surface area (TPSA) is 20.8 Å². The Morgan fingerprint density at radius 1 is 1.09 bits per heavy atom. The number of nitrogens with one attached hydrogen (secondary N) is 1. The summed E-state index contributed by atoms with van der Waals surface area (Å²) in [6, 6.07) is 13.6. The molecule has 0 saturated carbocycles. The van der Waals surface area contributed by atoms with Gasteiger partial charge in [-0.25, -0.2) is 0 Å². The molecule has 1 aliphatic heterocycles. The maximum Gasteiger partial charge on any atom is 0.200 e. The van der Waals surface area contributed by atoms with Crippen molar-refractivity contribution in [2.45, 2.75) is 31.2 Å². The van der Waals surface area contributed by atoms with Crippen LogP contribution in [-0.4, -0.2) is 17.3 Å². The van der Waals surface area contributed by atoms with Crippen LogP contribution < -0.4 is 9.99 Å². The third-order valence-corrected chi connectivity index (χ3v) is 5.29. The molecule has 1 saturated heterocycles. The van der Waals surface area contributed by atoms with Gasteiger partial charge in [-0.1, -0.05) is 22.9 Å². The Kier molecular flexibility index (Phi) is 2.64. The molecule has 110 valence electrons. The van der Waals surface area contributed by atoms with Crippen LogP contribution in [0.5, 0.6) is 0 Å². The van der Waals surface area contributed by atoms with Crippen LogP contribution in [0.2, 0.25) is 0 Å². The highest BCUT2D eigenvalue weighted by molar-refractivity contribution is 5.88. The third kappa shape index (κ3) is 1.69. The van der Waals surface area contributed by atoms with E-state index < -0.39 is 0 Å². The number of nitrogens with zero attached hydrogens (tertiary/aromatic N) is 2. The van der Waals surface area contributed by atoms with Gasteiger partial charge in [-0.2, -0.15) is 0 Å². The number of hydrogen-bond acceptors (Lipinski definition) is 1. The zero-order valence-corrected chi connectivity index (χ0v) is 12.6. The first-order chi connectivity index (χ1) is 10.9. The van der Waals surface area contributed by atoms with Crippen molar-refractivity contribution in [3.05, 3.63) is 66.1 Å². The first kappa shape index (κ1) is 12.4.